The van der Waals surface area contributed by atoms with E-state index in [1.165, 1.54) is 0 Å². The van der Waals surface area contributed by atoms with Crippen molar-refractivity contribution in [1.29, 1.82) is 5.26 Å². The predicted molar refractivity (Wildman–Crippen MR) is 72.8 cm³/mol. The van der Waals surface area contributed by atoms with Crippen molar-refractivity contribution in [3.8, 4) is 6.07 Å². The molecule has 1 atom stereocenters. The summed E-state index contributed by atoms with van der Waals surface area (Å²) in [6.07, 6.45) is 0. The third-order valence-corrected chi connectivity index (χ3v) is 2.73. The maximum Gasteiger partial charge on any atom is 0.326 e. The molecule has 20 heavy (non-hydrogen) atoms. The van der Waals surface area contributed by atoms with Crippen LogP contribution in [0.15, 0.2) is 24.3 Å². The molecule has 1 aromatic rings. The van der Waals surface area contributed by atoms with Crippen LogP contribution in [0.25, 0.3) is 0 Å². The Hall–Kier alpha value is -2.55. The number of aliphatic carboxylic acids is 1. The van der Waals surface area contributed by atoms with Crippen molar-refractivity contribution in [2.24, 2.45) is 5.92 Å². The van der Waals surface area contributed by atoms with Crippen molar-refractivity contribution < 1.29 is 14.7 Å². The smallest absolute Gasteiger partial charge is 0.326 e. The van der Waals surface area contributed by atoms with E-state index < -0.39 is 18.0 Å². The topological polar surface area (TPSA) is 102 Å². The summed E-state index contributed by atoms with van der Waals surface area (Å²) in [5, 5.41) is 22.7. The standard InChI is InChI=1S/C14H17N3O3/c1-9(2)12(13(18)19)17-14(20)16-8-11-5-3-4-10(6-11)7-15/h3-6,9,12H,8H2,1-2H3,(H,18,19)(H2,16,17,20)/t12-/m0/s1. The van der Waals surface area contributed by atoms with Gasteiger partial charge >= 0.3 is 12.0 Å². The fraction of sp³-hybridized carbons (Fsp3) is 0.357. The van der Waals surface area contributed by atoms with Crippen LogP contribution in [0.3, 0.4) is 0 Å². The van der Waals surface area contributed by atoms with Gasteiger partial charge in [0.15, 0.2) is 0 Å². The zero-order valence-corrected chi connectivity index (χ0v) is 11.4. The molecule has 6 nitrogen and oxygen atoms in total. The highest BCUT2D eigenvalue weighted by Gasteiger charge is 2.23. The summed E-state index contributed by atoms with van der Waals surface area (Å²) in [7, 11) is 0. The Morgan fingerprint density at radius 1 is 1.40 bits per heavy atom. The number of carbonyl (C=O) groups excluding carboxylic acids is 1. The molecule has 0 radical (unpaired) electrons. The molecule has 0 heterocycles. The van der Waals surface area contributed by atoms with E-state index in [1.807, 2.05) is 6.07 Å². The van der Waals surface area contributed by atoms with E-state index in [0.29, 0.717) is 5.56 Å². The summed E-state index contributed by atoms with van der Waals surface area (Å²) in [5.41, 5.74) is 1.28. The van der Waals surface area contributed by atoms with Crippen LogP contribution in [0, 0.1) is 17.2 Å². The van der Waals surface area contributed by atoms with E-state index in [1.54, 1.807) is 38.1 Å². The zero-order chi connectivity index (χ0) is 15.1. The first-order valence-electron chi connectivity index (χ1n) is 6.20. The fourth-order valence-electron chi connectivity index (χ4n) is 1.64. The number of nitrogens with zero attached hydrogens (tertiary/aromatic N) is 1. The summed E-state index contributed by atoms with van der Waals surface area (Å²) in [5.74, 6) is -1.28. The van der Waals surface area contributed by atoms with Crippen molar-refractivity contribution in [2.45, 2.75) is 26.4 Å². The van der Waals surface area contributed by atoms with Crippen LogP contribution in [0.1, 0.15) is 25.0 Å². The molecule has 0 aliphatic heterocycles. The molecule has 0 aliphatic rings. The Morgan fingerprint density at radius 2 is 2.10 bits per heavy atom. The Kier molecular flexibility index (Phi) is 5.54. The number of urea groups is 1. The number of amides is 2. The lowest BCUT2D eigenvalue weighted by Crippen LogP contribution is -2.48. The van der Waals surface area contributed by atoms with E-state index in [0.717, 1.165) is 5.56 Å². The van der Waals surface area contributed by atoms with Crippen LogP contribution in [0.4, 0.5) is 4.79 Å². The maximum absolute atomic E-state index is 11.6. The molecule has 6 heteroatoms. The molecule has 0 aliphatic carbocycles. The number of carboxylic acids is 1. The SMILES string of the molecule is CC(C)[C@H](NC(=O)NCc1cccc(C#N)c1)C(=O)O. The average Bonchev–Trinajstić information content (AvgIpc) is 2.42. The van der Waals surface area contributed by atoms with Gasteiger partial charge in [0.1, 0.15) is 6.04 Å². The monoisotopic (exact) mass is 275 g/mol. The molecule has 0 unspecified atom stereocenters. The van der Waals surface area contributed by atoms with E-state index in [4.69, 9.17) is 10.4 Å². The van der Waals surface area contributed by atoms with Crippen molar-refractivity contribution >= 4 is 12.0 Å². The molecule has 0 bridgehead atoms. The van der Waals surface area contributed by atoms with Gasteiger partial charge in [-0.25, -0.2) is 9.59 Å². The summed E-state index contributed by atoms with van der Waals surface area (Å²) >= 11 is 0. The number of carboxylic acid groups (broad SMARTS) is 1. The highest BCUT2D eigenvalue weighted by Crippen LogP contribution is 2.04. The van der Waals surface area contributed by atoms with E-state index in [2.05, 4.69) is 10.6 Å². The number of hydrogen-bond acceptors (Lipinski definition) is 3. The second-order valence-electron chi connectivity index (χ2n) is 4.70. The second kappa shape index (κ2) is 7.14. The minimum atomic E-state index is -1.07. The summed E-state index contributed by atoms with van der Waals surface area (Å²) in [6.45, 7) is 3.66. The number of rotatable bonds is 5. The van der Waals surface area contributed by atoms with Gasteiger partial charge in [-0.1, -0.05) is 26.0 Å². The minimum absolute atomic E-state index is 0.208. The molecular weight excluding hydrogens is 258 g/mol. The number of nitrogens with one attached hydrogen (secondary N) is 2. The third kappa shape index (κ3) is 4.61. The molecule has 1 rings (SSSR count). The molecule has 0 saturated heterocycles. The quantitative estimate of drug-likeness (QED) is 0.757. The van der Waals surface area contributed by atoms with Gasteiger partial charge in [0.2, 0.25) is 0 Å². The van der Waals surface area contributed by atoms with Crippen LogP contribution >= 0.6 is 0 Å². The van der Waals surface area contributed by atoms with Gasteiger partial charge in [0.05, 0.1) is 11.6 Å². The Labute approximate surface area is 117 Å². The molecule has 2 amide bonds. The second-order valence-corrected chi connectivity index (χ2v) is 4.70. The fourth-order valence-corrected chi connectivity index (χ4v) is 1.64. The van der Waals surface area contributed by atoms with Gasteiger partial charge in [-0.15, -0.1) is 0 Å². The number of carbonyl (C=O) groups is 2. The van der Waals surface area contributed by atoms with Gasteiger partial charge < -0.3 is 15.7 Å². The minimum Gasteiger partial charge on any atom is -0.480 e. The van der Waals surface area contributed by atoms with Crippen LogP contribution in [-0.4, -0.2) is 23.1 Å². The molecule has 106 valence electrons. The first kappa shape index (κ1) is 15.5. The number of hydrogen-bond donors (Lipinski definition) is 3. The van der Waals surface area contributed by atoms with Crippen molar-refractivity contribution in [3.63, 3.8) is 0 Å². The first-order chi connectivity index (χ1) is 9.43. The maximum atomic E-state index is 11.6. The summed E-state index contributed by atoms with van der Waals surface area (Å²) < 4.78 is 0. The Bertz CT molecular complexity index is 535. The number of nitriles is 1. The summed E-state index contributed by atoms with van der Waals surface area (Å²) in [6, 6.07) is 7.37. The zero-order valence-electron chi connectivity index (χ0n) is 11.4. The van der Waals surface area contributed by atoms with Crippen LogP contribution in [0.2, 0.25) is 0 Å². The normalized spacial score (nSPS) is 11.5. The molecule has 0 aromatic heterocycles. The van der Waals surface area contributed by atoms with Gasteiger partial charge in [0, 0.05) is 6.54 Å². The lowest BCUT2D eigenvalue weighted by molar-refractivity contribution is -0.140. The molecule has 3 N–H and O–H groups in total. The number of benzene rings is 1. The lowest BCUT2D eigenvalue weighted by atomic mass is 10.1. The molecular formula is C14H17N3O3. The van der Waals surface area contributed by atoms with E-state index in [-0.39, 0.29) is 12.5 Å². The first-order valence-corrected chi connectivity index (χ1v) is 6.20. The highest BCUT2D eigenvalue weighted by atomic mass is 16.4. The van der Waals surface area contributed by atoms with Crippen molar-refractivity contribution in [1.82, 2.24) is 10.6 Å². The van der Waals surface area contributed by atoms with Gasteiger partial charge in [-0.3, -0.25) is 0 Å². The van der Waals surface area contributed by atoms with Gasteiger partial charge in [-0.05, 0) is 23.6 Å². The average molecular weight is 275 g/mol. The highest BCUT2D eigenvalue weighted by molar-refractivity contribution is 5.82. The van der Waals surface area contributed by atoms with Crippen molar-refractivity contribution in [3.05, 3.63) is 35.4 Å². The summed E-state index contributed by atoms with van der Waals surface area (Å²) in [4.78, 5) is 22.6. The van der Waals surface area contributed by atoms with Crippen LogP contribution < -0.4 is 10.6 Å². The third-order valence-electron chi connectivity index (χ3n) is 2.73. The van der Waals surface area contributed by atoms with Crippen LogP contribution in [-0.2, 0) is 11.3 Å². The lowest BCUT2D eigenvalue weighted by Gasteiger charge is -2.18. The predicted octanol–water partition coefficient (Wildman–Crippen LogP) is 1.47. The Balaban J connectivity index is 2.55. The largest absolute Gasteiger partial charge is 0.480 e. The Morgan fingerprint density at radius 3 is 2.65 bits per heavy atom. The molecule has 0 spiro atoms. The van der Waals surface area contributed by atoms with Crippen LogP contribution in [0.5, 0.6) is 0 Å². The molecule has 0 fully saturated rings. The van der Waals surface area contributed by atoms with E-state index >= 15 is 0 Å². The van der Waals surface area contributed by atoms with Gasteiger partial charge in [-0.2, -0.15) is 5.26 Å². The van der Waals surface area contributed by atoms with E-state index in [9.17, 15) is 9.59 Å². The van der Waals surface area contributed by atoms with Crippen molar-refractivity contribution in [2.75, 3.05) is 0 Å². The molecule has 0 saturated carbocycles. The molecule has 1 aromatic carbocycles. The van der Waals surface area contributed by atoms with Gasteiger partial charge in [0.25, 0.3) is 0 Å².